The summed E-state index contributed by atoms with van der Waals surface area (Å²) in [5, 5.41) is 13.5. The third kappa shape index (κ3) is 6.32. The van der Waals surface area contributed by atoms with E-state index in [0.717, 1.165) is 21.2 Å². The van der Waals surface area contributed by atoms with Crippen LogP contribution in [0.15, 0.2) is 79.3 Å². The van der Waals surface area contributed by atoms with Crippen LogP contribution in [0.4, 0.5) is 4.79 Å². The van der Waals surface area contributed by atoms with Gasteiger partial charge in [0.25, 0.3) is 5.91 Å². The summed E-state index contributed by atoms with van der Waals surface area (Å²) in [4.78, 5) is 61.2. The first-order chi connectivity index (χ1) is 22.2. The number of nitriles is 1. The van der Waals surface area contributed by atoms with E-state index in [9.17, 15) is 19.2 Å². The molecule has 4 aromatic rings. The Labute approximate surface area is 271 Å². The van der Waals surface area contributed by atoms with Gasteiger partial charge >= 0.3 is 12.0 Å². The molecule has 12 heteroatoms. The number of carbonyl (C=O) groups is 4. The molecular formula is C34H34N6O5S. The number of imide groups is 1. The van der Waals surface area contributed by atoms with E-state index in [1.54, 1.807) is 37.6 Å². The SMILES string of the molecule is COC(=O)C(CCSC)NC(=O)CN1C(=O)N(Cc2cncn2Cc2ccc(C#N)cc2)C(=O)C1(C)c1cccc2ccccc12. The van der Waals surface area contributed by atoms with Crippen molar-refractivity contribution in [1.82, 2.24) is 24.7 Å². The van der Waals surface area contributed by atoms with Crippen molar-refractivity contribution in [2.24, 2.45) is 0 Å². The maximum absolute atomic E-state index is 14.5. The first kappa shape index (κ1) is 32.2. The summed E-state index contributed by atoms with van der Waals surface area (Å²) in [7, 11) is 1.25. The maximum atomic E-state index is 14.5. The van der Waals surface area contributed by atoms with Gasteiger partial charge in [0.1, 0.15) is 18.1 Å². The van der Waals surface area contributed by atoms with Gasteiger partial charge in [-0.05, 0) is 59.4 Å². The monoisotopic (exact) mass is 638 g/mol. The van der Waals surface area contributed by atoms with Crippen LogP contribution in [-0.4, -0.2) is 74.9 Å². The van der Waals surface area contributed by atoms with Crippen LogP contribution in [0.1, 0.15) is 35.7 Å². The number of urea groups is 1. The zero-order chi connectivity index (χ0) is 32.8. The Balaban J connectivity index is 1.48. The van der Waals surface area contributed by atoms with Gasteiger partial charge in [0.05, 0.1) is 37.3 Å². The number of thioether (sulfide) groups is 1. The largest absolute Gasteiger partial charge is 0.467 e. The number of ether oxygens (including phenoxy) is 1. The summed E-state index contributed by atoms with van der Waals surface area (Å²) in [5.41, 5.74) is 1.12. The Kier molecular flexibility index (Phi) is 9.72. The van der Waals surface area contributed by atoms with Crippen LogP contribution >= 0.6 is 11.8 Å². The topological polar surface area (TPSA) is 138 Å². The Bertz CT molecular complexity index is 1810. The van der Waals surface area contributed by atoms with Gasteiger partial charge in [-0.2, -0.15) is 17.0 Å². The maximum Gasteiger partial charge on any atom is 0.328 e. The number of amides is 4. The van der Waals surface area contributed by atoms with Gasteiger partial charge in [-0.15, -0.1) is 0 Å². The van der Waals surface area contributed by atoms with Crippen molar-refractivity contribution in [1.29, 1.82) is 5.26 Å². The van der Waals surface area contributed by atoms with Gasteiger partial charge in [0.15, 0.2) is 0 Å². The average molecular weight is 639 g/mol. The summed E-state index contributed by atoms with van der Waals surface area (Å²) in [6.07, 6.45) is 5.46. The molecule has 1 aliphatic heterocycles. The van der Waals surface area contributed by atoms with Gasteiger partial charge in [-0.1, -0.05) is 54.6 Å². The number of imidazole rings is 1. The second kappa shape index (κ2) is 13.9. The highest BCUT2D eigenvalue weighted by Crippen LogP contribution is 2.41. The molecule has 2 atom stereocenters. The molecule has 236 valence electrons. The lowest BCUT2D eigenvalue weighted by Crippen LogP contribution is -2.51. The molecule has 0 saturated carbocycles. The summed E-state index contributed by atoms with van der Waals surface area (Å²) in [5.74, 6) is -1.05. The van der Waals surface area contributed by atoms with Crippen LogP contribution in [0.2, 0.25) is 0 Å². The quantitative estimate of drug-likeness (QED) is 0.181. The number of aromatic nitrogens is 2. The highest BCUT2D eigenvalue weighted by atomic mass is 32.2. The fourth-order valence-corrected chi connectivity index (χ4v) is 6.23. The molecule has 3 aromatic carbocycles. The number of carbonyl (C=O) groups excluding carboxylic acids is 4. The highest BCUT2D eigenvalue weighted by molar-refractivity contribution is 7.98. The first-order valence-corrected chi connectivity index (χ1v) is 16.1. The van der Waals surface area contributed by atoms with E-state index in [0.29, 0.717) is 35.5 Å². The Morgan fingerprint density at radius 3 is 2.52 bits per heavy atom. The van der Waals surface area contributed by atoms with E-state index < -0.39 is 41.9 Å². The number of methoxy groups -OCH3 is 1. The number of fused-ring (bicyclic) bond motifs is 1. The summed E-state index contributed by atoms with van der Waals surface area (Å²) >= 11 is 1.53. The second-order valence-corrected chi connectivity index (χ2v) is 12.1. The minimum absolute atomic E-state index is 0.0784. The lowest BCUT2D eigenvalue weighted by molar-refractivity contribution is -0.145. The Hall–Kier alpha value is -5.15. The molecule has 1 saturated heterocycles. The predicted molar refractivity (Wildman–Crippen MR) is 173 cm³/mol. The summed E-state index contributed by atoms with van der Waals surface area (Å²) in [6.45, 7) is 1.53. The van der Waals surface area contributed by atoms with Crippen molar-refractivity contribution in [3.8, 4) is 6.07 Å². The van der Waals surface area contributed by atoms with Crippen LogP contribution in [-0.2, 0) is 37.7 Å². The molecule has 4 amide bonds. The van der Waals surface area contributed by atoms with E-state index in [1.807, 2.05) is 59.4 Å². The van der Waals surface area contributed by atoms with Crippen molar-refractivity contribution in [2.45, 2.75) is 38.0 Å². The van der Waals surface area contributed by atoms with E-state index in [2.05, 4.69) is 16.4 Å². The minimum atomic E-state index is -1.53. The fraction of sp³-hybridized carbons (Fsp3) is 0.294. The zero-order valence-corrected chi connectivity index (χ0v) is 26.6. The minimum Gasteiger partial charge on any atom is -0.467 e. The zero-order valence-electron chi connectivity index (χ0n) is 25.8. The molecule has 0 bridgehead atoms. The lowest BCUT2D eigenvalue weighted by atomic mass is 9.86. The molecule has 2 unspecified atom stereocenters. The molecule has 2 heterocycles. The van der Waals surface area contributed by atoms with Crippen LogP contribution in [0.3, 0.4) is 0 Å². The molecule has 1 aliphatic rings. The van der Waals surface area contributed by atoms with Crippen LogP contribution in [0.5, 0.6) is 0 Å². The predicted octanol–water partition coefficient (Wildman–Crippen LogP) is 4.05. The van der Waals surface area contributed by atoms with Gasteiger partial charge in [0.2, 0.25) is 5.91 Å². The van der Waals surface area contributed by atoms with Gasteiger partial charge in [-0.25, -0.2) is 14.6 Å². The number of hydrogen-bond donors (Lipinski definition) is 1. The number of nitrogens with one attached hydrogen (secondary N) is 1. The molecule has 5 rings (SSSR count). The molecule has 0 aliphatic carbocycles. The standard InChI is InChI=1S/C34H34N6O5S/c1-34(28-10-6-8-25-7-4-5-9-27(25)28)32(43)39(20-26-18-36-22-38(26)19-24-13-11-23(17-35)12-14-24)33(44)40(34)21-30(41)37-29(15-16-46-3)31(42)45-2/h4-14,18,22,29H,15-16,19-21H2,1-3H3,(H,37,41). The lowest BCUT2D eigenvalue weighted by Gasteiger charge is -2.33. The molecular weight excluding hydrogens is 604 g/mol. The van der Waals surface area contributed by atoms with Crippen molar-refractivity contribution < 1.29 is 23.9 Å². The summed E-state index contributed by atoms with van der Waals surface area (Å²) in [6, 6.07) is 20.8. The molecule has 11 nitrogen and oxygen atoms in total. The van der Waals surface area contributed by atoms with Gasteiger partial charge in [-0.3, -0.25) is 19.4 Å². The normalized spacial score (nSPS) is 16.8. The number of hydrogen-bond acceptors (Lipinski definition) is 8. The van der Waals surface area contributed by atoms with Crippen molar-refractivity contribution in [3.63, 3.8) is 0 Å². The van der Waals surface area contributed by atoms with Crippen LogP contribution in [0.25, 0.3) is 10.8 Å². The Morgan fingerprint density at radius 2 is 1.80 bits per heavy atom. The van der Waals surface area contributed by atoms with E-state index in [1.165, 1.54) is 23.8 Å². The van der Waals surface area contributed by atoms with Crippen molar-refractivity contribution in [3.05, 3.63) is 102 Å². The fourth-order valence-electron chi connectivity index (χ4n) is 5.75. The van der Waals surface area contributed by atoms with E-state index in [-0.39, 0.29) is 6.54 Å². The molecule has 46 heavy (non-hydrogen) atoms. The number of esters is 1. The van der Waals surface area contributed by atoms with Crippen LogP contribution < -0.4 is 5.32 Å². The molecule has 0 spiro atoms. The third-order valence-electron chi connectivity index (χ3n) is 8.27. The second-order valence-electron chi connectivity index (χ2n) is 11.1. The smallest absolute Gasteiger partial charge is 0.328 e. The summed E-state index contributed by atoms with van der Waals surface area (Å²) < 4.78 is 6.72. The van der Waals surface area contributed by atoms with Crippen molar-refractivity contribution in [2.75, 3.05) is 25.7 Å². The van der Waals surface area contributed by atoms with Gasteiger partial charge < -0.3 is 14.6 Å². The third-order valence-corrected chi connectivity index (χ3v) is 8.91. The molecule has 1 aromatic heterocycles. The number of rotatable bonds is 12. The molecule has 0 radical (unpaired) electrons. The molecule has 1 fully saturated rings. The molecule has 1 N–H and O–H groups in total. The number of nitrogens with zero attached hydrogens (tertiary/aromatic N) is 5. The average Bonchev–Trinajstić information content (AvgIpc) is 3.58. The van der Waals surface area contributed by atoms with Gasteiger partial charge in [0, 0.05) is 12.7 Å². The number of benzene rings is 3. The first-order valence-electron chi connectivity index (χ1n) is 14.7. The van der Waals surface area contributed by atoms with E-state index >= 15 is 0 Å². The van der Waals surface area contributed by atoms with Crippen LogP contribution in [0, 0.1) is 11.3 Å². The van der Waals surface area contributed by atoms with E-state index in [4.69, 9.17) is 10.00 Å². The Morgan fingerprint density at radius 1 is 1.07 bits per heavy atom. The highest BCUT2D eigenvalue weighted by Gasteiger charge is 2.56. The van der Waals surface area contributed by atoms with Crippen molar-refractivity contribution >= 4 is 46.3 Å².